The lowest BCUT2D eigenvalue weighted by molar-refractivity contribution is 0.241. The SMILES string of the molecule is CC(C)Oc1ccc(OCCCCCCN2CCN(c3nccs3)CC2)cc1. The van der Waals surface area contributed by atoms with Gasteiger partial charge in [0.1, 0.15) is 11.5 Å². The molecular formula is C22H33N3O2S. The minimum atomic E-state index is 0.202. The highest BCUT2D eigenvalue weighted by molar-refractivity contribution is 7.13. The molecule has 2 aromatic rings. The van der Waals surface area contributed by atoms with Crippen LogP contribution in [0.1, 0.15) is 39.5 Å². The number of aromatic nitrogens is 1. The Hall–Kier alpha value is -1.79. The third-order valence-corrected chi connectivity index (χ3v) is 5.73. The van der Waals surface area contributed by atoms with Gasteiger partial charge in [-0.2, -0.15) is 0 Å². The Morgan fingerprint density at radius 2 is 1.68 bits per heavy atom. The summed E-state index contributed by atoms with van der Waals surface area (Å²) in [5, 5.41) is 3.23. The summed E-state index contributed by atoms with van der Waals surface area (Å²) in [4.78, 5) is 9.40. The second-order valence-electron chi connectivity index (χ2n) is 7.54. The van der Waals surface area contributed by atoms with Gasteiger partial charge in [-0.05, 0) is 57.5 Å². The first-order chi connectivity index (χ1) is 13.7. The highest BCUT2D eigenvalue weighted by Crippen LogP contribution is 2.20. The number of piperazine rings is 1. The van der Waals surface area contributed by atoms with Gasteiger partial charge in [-0.1, -0.05) is 12.8 Å². The third-order valence-electron chi connectivity index (χ3n) is 4.90. The van der Waals surface area contributed by atoms with E-state index in [4.69, 9.17) is 9.47 Å². The topological polar surface area (TPSA) is 37.8 Å². The lowest BCUT2D eigenvalue weighted by atomic mass is 10.2. The molecule has 2 heterocycles. The van der Waals surface area contributed by atoms with Crippen LogP contribution in [0.2, 0.25) is 0 Å². The molecule has 28 heavy (non-hydrogen) atoms. The fourth-order valence-electron chi connectivity index (χ4n) is 3.40. The maximum Gasteiger partial charge on any atom is 0.185 e. The van der Waals surface area contributed by atoms with E-state index >= 15 is 0 Å². The molecular weight excluding hydrogens is 370 g/mol. The van der Waals surface area contributed by atoms with E-state index in [0.29, 0.717) is 0 Å². The van der Waals surface area contributed by atoms with Crippen molar-refractivity contribution >= 4 is 16.5 Å². The number of nitrogens with zero attached hydrogens (tertiary/aromatic N) is 3. The van der Waals surface area contributed by atoms with Crippen LogP contribution in [0.25, 0.3) is 0 Å². The van der Waals surface area contributed by atoms with E-state index < -0.39 is 0 Å². The van der Waals surface area contributed by atoms with Gasteiger partial charge in [0, 0.05) is 37.8 Å². The van der Waals surface area contributed by atoms with E-state index in [1.54, 1.807) is 11.3 Å². The van der Waals surface area contributed by atoms with Crippen LogP contribution < -0.4 is 14.4 Å². The lowest BCUT2D eigenvalue weighted by Gasteiger charge is -2.34. The summed E-state index contributed by atoms with van der Waals surface area (Å²) in [7, 11) is 0. The predicted octanol–water partition coefficient (Wildman–Crippen LogP) is 4.69. The molecule has 0 N–H and O–H groups in total. The number of unbranched alkanes of at least 4 members (excludes halogenated alkanes) is 3. The summed E-state index contributed by atoms with van der Waals surface area (Å²) < 4.78 is 11.5. The Labute approximate surface area is 173 Å². The van der Waals surface area contributed by atoms with Crippen LogP contribution >= 0.6 is 11.3 Å². The number of benzene rings is 1. The molecule has 0 saturated carbocycles. The molecule has 6 heteroatoms. The van der Waals surface area contributed by atoms with Gasteiger partial charge in [0.25, 0.3) is 0 Å². The van der Waals surface area contributed by atoms with E-state index in [0.717, 1.165) is 50.7 Å². The Morgan fingerprint density at radius 3 is 2.36 bits per heavy atom. The summed E-state index contributed by atoms with van der Waals surface area (Å²) in [5.74, 6) is 1.82. The first kappa shape index (κ1) is 20.9. The highest BCUT2D eigenvalue weighted by Gasteiger charge is 2.17. The minimum absolute atomic E-state index is 0.202. The largest absolute Gasteiger partial charge is 0.494 e. The third kappa shape index (κ3) is 6.99. The van der Waals surface area contributed by atoms with Gasteiger partial charge in [0.15, 0.2) is 5.13 Å². The molecule has 1 aliphatic rings. The van der Waals surface area contributed by atoms with Crippen LogP contribution in [-0.4, -0.2) is 55.3 Å². The van der Waals surface area contributed by atoms with Crippen molar-refractivity contribution in [3.63, 3.8) is 0 Å². The van der Waals surface area contributed by atoms with Crippen LogP contribution in [-0.2, 0) is 0 Å². The molecule has 0 amide bonds. The van der Waals surface area contributed by atoms with Gasteiger partial charge < -0.3 is 14.4 Å². The molecule has 1 saturated heterocycles. The van der Waals surface area contributed by atoms with Crippen molar-refractivity contribution in [1.82, 2.24) is 9.88 Å². The van der Waals surface area contributed by atoms with E-state index in [1.165, 1.54) is 30.9 Å². The summed E-state index contributed by atoms with van der Waals surface area (Å²) in [6, 6.07) is 7.93. The molecule has 1 fully saturated rings. The molecule has 154 valence electrons. The summed E-state index contributed by atoms with van der Waals surface area (Å²) in [5.41, 5.74) is 0. The smallest absolute Gasteiger partial charge is 0.185 e. The molecule has 1 aromatic heterocycles. The Balaban J connectivity index is 1.19. The summed E-state index contributed by atoms with van der Waals surface area (Å²) in [6.07, 6.45) is 6.99. The summed E-state index contributed by atoms with van der Waals surface area (Å²) in [6.45, 7) is 10.6. The number of anilines is 1. The highest BCUT2D eigenvalue weighted by atomic mass is 32.1. The van der Waals surface area contributed by atoms with Crippen LogP contribution in [0.4, 0.5) is 5.13 Å². The van der Waals surface area contributed by atoms with Gasteiger partial charge in [0.2, 0.25) is 0 Å². The number of rotatable bonds is 11. The van der Waals surface area contributed by atoms with Crippen molar-refractivity contribution in [3.05, 3.63) is 35.8 Å². The second-order valence-corrected chi connectivity index (χ2v) is 8.42. The zero-order valence-corrected chi connectivity index (χ0v) is 18.0. The zero-order valence-electron chi connectivity index (χ0n) is 17.2. The maximum atomic E-state index is 5.83. The van der Waals surface area contributed by atoms with Crippen LogP contribution in [0.15, 0.2) is 35.8 Å². The van der Waals surface area contributed by atoms with Gasteiger partial charge in [0.05, 0.1) is 12.7 Å². The van der Waals surface area contributed by atoms with E-state index in [1.807, 2.05) is 44.3 Å². The molecule has 0 spiro atoms. The normalized spacial score (nSPS) is 15.2. The molecule has 1 aliphatic heterocycles. The number of ether oxygens (including phenoxy) is 2. The fraction of sp³-hybridized carbons (Fsp3) is 0.591. The predicted molar refractivity (Wildman–Crippen MR) is 117 cm³/mol. The molecule has 0 radical (unpaired) electrons. The molecule has 5 nitrogen and oxygen atoms in total. The number of hydrogen-bond donors (Lipinski definition) is 0. The van der Waals surface area contributed by atoms with Gasteiger partial charge in [-0.3, -0.25) is 4.90 Å². The zero-order chi connectivity index (χ0) is 19.6. The average molecular weight is 404 g/mol. The van der Waals surface area contributed by atoms with Crippen molar-refractivity contribution in [2.75, 3.05) is 44.2 Å². The molecule has 3 rings (SSSR count). The van der Waals surface area contributed by atoms with Gasteiger partial charge in [-0.15, -0.1) is 11.3 Å². The lowest BCUT2D eigenvalue weighted by Crippen LogP contribution is -2.46. The molecule has 0 bridgehead atoms. The maximum absolute atomic E-state index is 5.83. The molecule has 1 aromatic carbocycles. The van der Waals surface area contributed by atoms with Crippen LogP contribution in [0, 0.1) is 0 Å². The number of thiazole rings is 1. The first-order valence-electron chi connectivity index (χ1n) is 10.5. The Bertz CT molecular complexity index is 653. The van der Waals surface area contributed by atoms with Crippen molar-refractivity contribution in [2.24, 2.45) is 0 Å². The monoisotopic (exact) mass is 403 g/mol. The van der Waals surface area contributed by atoms with Crippen LogP contribution in [0.5, 0.6) is 11.5 Å². The first-order valence-corrected chi connectivity index (χ1v) is 11.3. The van der Waals surface area contributed by atoms with Gasteiger partial charge >= 0.3 is 0 Å². The van der Waals surface area contributed by atoms with Crippen molar-refractivity contribution in [2.45, 2.75) is 45.6 Å². The number of hydrogen-bond acceptors (Lipinski definition) is 6. The van der Waals surface area contributed by atoms with E-state index in [-0.39, 0.29) is 6.10 Å². The van der Waals surface area contributed by atoms with E-state index in [9.17, 15) is 0 Å². The molecule has 0 atom stereocenters. The van der Waals surface area contributed by atoms with Crippen LogP contribution in [0.3, 0.4) is 0 Å². The summed E-state index contributed by atoms with van der Waals surface area (Å²) >= 11 is 1.74. The van der Waals surface area contributed by atoms with Gasteiger partial charge in [-0.25, -0.2) is 4.98 Å². The average Bonchev–Trinajstić information content (AvgIpc) is 3.23. The molecule has 0 aliphatic carbocycles. The van der Waals surface area contributed by atoms with Crippen molar-refractivity contribution in [1.29, 1.82) is 0 Å². The minimum Gasteiger partial charge on any atom is -0.494 e. The van der Waals surface area contributed by atoms with Crippen molar-refractivity contribution < 1.29 is 9.47 Å². The quantitative estimate of drug-likeness (QED) is 0.509. The van der Waals surface area contributed by atoms with E-state index in [2.05, 4.69) is 20.2 Å². The standard InChI is InChI=1S/C22H33N3O2S/c1-19(2)27-21-9-7-20(8-10-21)26-17-6-4-3-5-12-24-13-15-25(16-14-24)22-23-11-18-28-22/h7-11,18-19H,3-6,12-17H2,1-2H3. The fourth-order valence-corrected chi connectivity index (χ4v) is 4.10. The Morgan fingerprint density at radius 1 is 0.964 bits per heavy atom. The Kier molecular flexibility index (Phi) is 8.42. The van der Waals surface area contributed by atoms with Crippen molar-refractivity contribution in [3.8, 4) is 11.5 Å². The molecule has 0 unspecified atom stereocenters. The second kappa shape index (κ2) is 11.3.